The van der Waals surface area contributed by atoms with Gasteiger partial charge in [0.25, 0.3) is 0 Å². The van der Waals surface area contributed by atoms with E-state index in [0.717, 1.165) is 43.6 Å². The maximum absolute atomic E-state index is 12.1. The highest BCUT2D eigenvalue weighted by atomic mass is 16.6. The largest absolute Gasteiger partial charge is 0.461 e. The molecule has 2 aliphatic heterocycles. The van der Waals surface area contributed by atoms with Crippen molar-refractivity contribution in [3.8, 4) is 0 Å². The van der Waals surface area contributed by atoms with Crippen LogP contribution >= 0.6 is 0 Å². The Morgan fingerprint density at radius 3 is 2.76 bits per heavy atom. The third-order valence-electron chi connectivity index (χ3n) is 5.00. The van der Waals surface area contributed by atoms with Crippen LogP contribution in [-0.4, -0.2) is 48.7 Å². The number of aryl methyl sites for hydroxylation is 1. The molecule has 6 nitrogen and oxygen atoms in total. The van der Waals surface area contributed by atoms with E-state index in [4.69, 9.17) is 4.74 Å². The van der Waals surface area contributed by atoms with Gasteiger partial charge in [0, 0.05) is 25.2 Å². The second-order valence-corrected chi connectivity index (χ2v) is 7.20. The third-order valence-corrected chi connectivity index (χ3v) is 5.00. The molecule has 0 radical (unpaired) electrons. The van der Waals surface area contributed by atoms with Crippen molar-refractivity contribution in [1.29, 1.82) is 0 Å². The molecule has 0 spiro atoms. The number of ether oxygens (including phenoxy) is 1. The number of anilines is 1. The van der Waals surface area contributed by atoms with Gasteiger partial charge in [-0.05, 0) is 51.3 Å². The van der Waals surface area contributed by atoms with E-state index < -0.39 is 0 Å². The quantitative estimate of drug-likeness (QED) is 0.823. The average molecular weight is 345 g/mol. The third kappa shape index (κ3) is 4.72. The molecule has 3 atom stereocenters. The molecule has 1 aromatic rings. The van der Waals surface area contributed by atoms with Gasteiger partial charge in [0.05, 0.1) is 0 Å². The number of benzene rings is 1. The maximum atomic E-state index is 12.1. The van der Waals surface area contributed by atoms with Crippen molar-refractivity contribution in [1.82, 2.24) is 10.2 Å². The molecule has 6 heteroatoms. The summed E-state index contributed by atoms with van der Waals surface area (Å²) >= 11 is 0. The average Bonchev–Trinajstić information content (AvgIpc) is 2.94. The van der Waals surface area contributed by atoms with Crippen LogP contribution in [0.1, 0.15) is 31.7 Å². The van der Waals surface area contributed by atoms with Crippen LogP contribution in [0.4, 0.5) is 10.5 Å². The van der Waals surface area contributed by atoms with Gasteiger partial charge in [0.2, 0.25) is 0 Å². The number of carbonyl (C=O) groups is 2. The van der Waals surface area contributed by atoms with E-state index in [2.05, 4.69) is 15.5 Å². The molecule has 0 unspecified atom stereocenters. The van der Waals surface area contributed by atoms with Crippen LogP contribution in [0.25, 0.3) is 0 Å². The Kier molecular flexibility index (Phi) is 5.58. The predicted molar refractivity (Wildman–Crippen MR) is 96.5 cm³/mol. The summed E-state index contributed by atoms with van der Waals surface area (Å²) in [5.74, 6) is 0.263. The van der Waals surface area contributed by atoms with E-state index in [9.17, 15) is 9.59 Å². The van der Waals surface area contributed by atoms with Crippen molar-refractivity contribution >= 4 is 17.7 Å². The van der Waals surface area contributed by atoms with Crippen LogP contribution in [0.2, 0.25) is 0 Å². The van der Waals surface area contributed by atoms with E-state index in [-0.39, 0.29) is 24.1 Å². The van der Waals surface area contributed by atoms with Crippen molar-refractivity contribution in [3.63, 3.8) is 0 Å². The fourth-order valence-corrected chi connectivity index (χ4v) is 3.63. The smallest absolute Gasteiger partial charge is 0.323 e. The van der Waals surface area contributed by atoms with Crippen LogP contribution in [0.5, 0.6) is 0 Å². The molecule has 0 bridgehead atoms. The molecule has 2 aliphatic rings. The Bertz CT molecular complexity index is 617. The highest BCUT2D eigenvalue weighted by molar-refractivity contribution is 5.89. The SMILES string of the molecule is Cc1ccc(NC(=O)NC[C@@H]2CCCN([C@H]3C[C@H](C)OC3=O)C2)cc1. The number of esters is 1. The van der Waals surface area contributed by atoms with Crippen molar-refractivity contribution in [2.24, 2.45) is 5.92 Å². The fraction of sp³-hybridized carbons (Fsp3) is 0.579. The summed E-state index contributed by atoms with van der Waals surface area (Å²) in [6.07, 6.45) is 2.89. The summed E-state index contributed by atoms with van der Waals surface area (Å²) in [5, 5.41) is 5.80. The second kappa shape index (κ2) is 7.87. The standard InChI is InChI=1S/C19H27N3O3/c1-13-5-7-16(8-6-13)21-19(24)20-11-15-4-3-9-22(12-15)17-10-14(2)25-18(17)23/h5-8,14-15,17H,3-4,9-12H2,1-2H3,(H2,20,21,24)/t14-,15-,17-/m0/s1. The Hall–Kier alpha value is -2.08. The van der Waals surface area contributed by atoms with Gasteiger partial charge in [-0.1, -0.05) is 17.7 Å². The molecule has 2 fully saturated rings. The number of urea groups is 1. The minimum absolute atomic E-state index is 0.0105. The summed E-state index contributed by atoms with van der Waals surface area (Å²) in [7, 11) is 0. The van der Waals surface area contributed by atoms with E-state index in [1.807, 2.05) is 38.1 Å². The summed E-state index contributed by atoms with van der Waals surface area (Å²) in [5.41, 5.74) is 1.95. The molecule has 25 heavy (non-hydrogen) atoms. The predicted octanol–water partition coefficient (Wildman–Crippen LogP) is 2.53. The summed E-state index contributed by atoms with van der Waals surface area (Å²) in [6, 6.07) is 7.43. The van der Waals surface area contributed by atoms with Crippen LogP contribution < -0.4 is 10.6 Å². The second-order valence-electron chi connectivity index (χ2n) is 7.20. The van der Waals surface area contributed by atoms with Crippen LogP contribution in [-0.2, 0) is 9.53 Å². The van der Waals surface area contributed by atoms with Crippen molar-refractivity contribution in [2.75, 3.05) is 25.0 Å². The lowest BCUT2D eigenvalue weighted by Gasteiger charge is -2.35. The normalized spacial score (nSPS) is 27.0. The van der Waals surface area contributed by atoms with Gasteiger partial charge in [-0.3, -0.25) is 9.69 Å². The number of cyclic esters (lactones) is 1. The van der Waals surface area contributed by atoms with Crippen LogP contribution in [0, 0.1) is 12.8 Å². The molecule has 2 saturated heterocycles. The Balaban J connectivity index is 1.45. The first-order valence-corrected chi connectivity index (χ1v) is 9.07. The number of hydrogen-bond donors (Lipinski definition) is 2. The zero-order valence-corrected chi connectivity index (χ0v) is 15.0. The lowest BCUT2D eigenvalue weighted by atomic mass is 9.96. The Morgan fingerprint density at radius 2 is 2.08 bits per heavy atom. The molecule has 136 valence electrons. The van der Waals surface area contributed by atoms with Crippen molar-refractivity contribution < 1.29 is 14.3 Å². The molecule has 0 aromatic heterocycles. The first kappa shape index (κ1) is 17.7. The van der Waals surface area contributed by atoms with Crippen molar-refractivity contribution in [3.05, 3.63) is 29.8 Å². The van der Waals surface area contributed by atoms with E-state index in [0.29, 0.717) is 12.5 Å². The number of likely N-dealkylation sites (tertiary alicyclic amines) is 1. The van der Waals surface area contributed by atoms with E-state index >= 15 is 0 Å². The number of piperidine rings is 1. The van der Waals surface area contributed by atoms with Gasteiger partial charge in [0.1, 0.15) is 12.1 Å². The fourth-order valence-electron chi connectivity index (χ4n) is 3.63. The molecular formula is C19H27N3O3. The molecule has 2 heterocycles. The molecular weight excluding hydrogens is 318 g/mol. The lowest BCUT2D eigenvalue weighted by molar-refractivity contribution is -0.145. The van der Waals surface area contributed by atoms with Gasteiger partial charge >= 0.3 is 12.0 Å². The van der Waals surface area contributed by atoms with Gasteiger partial charge in [0.15, 0.2) is 0 Å². The topological polar surface area (TPSA) is 70.7 Å². The number of rotatable bonds is 4. The number of nitrogens with one attached hydrogen (secondary N) is 2. The minimum atomic E-state index is -0.185. The van der Waals surface area contributed by atoms with E-state index in [1.54, 1.807) is 0 Å². The number of amides is 2. The molecule has 2 N–H and O–H groups in total. The summed E-state index contributed by atoms with van der Waals surface area (Å²) in [6.45, 7) is 6.33. The van der Waals surface area contributed by atoms with Gasteiger partial charge in [-0.15, -0.1) is 0 Å². The Labute approximate surface area is 148 Å². The van der Waals surface area contributed by atoms with Crippen LogP contribution in [0.15, 0.2) is 24.3 Å². The summed E-state index contributed by atoms with van der Waals surface area (Å²) < 4.78 is 5.27. The lowest BCUT2D eigenvalue weighted by Crippen LogP contribution is -2.47. The zero-order chi connectivity index (χ0) is 17.8. The Morgan fingerprint density at radius 1 is 1.32 bits per heavy atom. The number of nitrogens with zero attached hydrogens (tertiary/aromatic N) is 1. The molecule has 0 saturated carbocycles. The van der Waals surface area contributed by atoms with Gasteiger partial charge in [-0.25, -0.2) is 4.79 Å². The zero-order valence-electron chi connectivity index (χ0n) is 15.0. The first-order chi connectivity index (χ1) is 12.0. The summed E-state index contributed by atoms with van der Waals surface area (Å²) in [4.78, 5) is 26.2. The molecule has 1 aromatic carbocycles. The van der Waals surface area contributed by atoms with Crippen LogP contribution in [0.3, 0.4) is 0 Å². The van der Waals surface area contributed by atoms with Gasteiger partial charge < -0.3 is 15.4 Å². The highest BCUT2D eigenvalue weighted by Gasteiger charge is 2.38. The molecule has 2 amide bonds. The number of hydrogen-bond acceptors (Lipinski definition) is 4. The molecule has 3 rings (SSSR count). The first-order valence-electron chi connectivity index (χ1n) is 9.07. The monoisotopic (exact) mass is 345 g/mol. The van der Waals surface area contributed by atoms with E-state index in [1.165, 1.54) is 0 Å². The highest BCUT2D eigenvalue weighted by Crippen LogP contribution is 2.25. The van der Waals surface area contributed by atoms with Crippen molar-refractivity contribution in [2.45, 2.75) is 45.3 Å². The number of carbonyl (C=O) groups excluding carboxylic acids is 2. The maximum Gasteiger partial charge on any atom is 0.323 e. The molecule has 0 aliphatic carbocycles. The van der Waals surface area contributed by atoms with Gasteiger partial charge in [-0.2, -0.15) is 0 Å². The minimum Gasteiger partial charge on any atom is -0.461 e.